The van der Waals surface area contributed by atoms with E-state index >= 15 is 0 Å². The molecular weight excluding hydrogens is 442 g/mol. The van der Waals surface area contributed by atoms with Gasteiger partial charge in [0.05, 0.1) is 25.6 Å². The van der Waals surface area contributed by atoms with Crippen LogP contribution in [0, 0.1) is 6.92 Å². The van der Waals surface area contributed by atoms with Gasteiger partial charge in [-0.2, -0.15) is 0 Å². The van der Waals surface area contributed by atoms with Crippen LogP contribution in [0.3, 0.4) is 0 Å². The zero-order chi connectivity index (χ0) is 22.6. The van der Waals surface area contributed by atoms with Gasteiger partial charge in [-0.25, -0.2) is 4.98 Å². The van der Waals surface area contributed by atoms with Crippen molar-refractivity contribution in [1.29, 1.82) is 0 Å². The Labute approximate surface area is 199 Å². The fraction of sp³-hybridized carbons (Fsp3) is 0.400. The van der Waals surface area contributed by atoms with E-state index in [1.165, 1.54) is 21.7 Å². The number of aryl methyl sites for hydroxylation is 3. The first-order valence-electron chi connectivity index (χ1n) is 11.0. The molecule has 0 saturated carbocycles. The number of thioether (sulfide) groups is 1. The minimum Gasteiger partial charge on any atom is -0.399 e. The molecule has 2 N–H and O–H groups in total. The predicted molar refractivity (Wildman–Crippen MR) is 131 cm³/mol. The topological polar surface area (TPSA) is 62.3 Å². The maximum absolute atomic E-state index is 6.61. The van der Waals surface area contributed by atoms with Crippen molar-refractivity contribution >= 4 is 29.1 Å². The van der Waals surface area contributed by atoms with Gasteiger partial charge in [-0.15, -0.1) is 11.8 Å². The Morgan fingerprint density at radius 2 is 2.06 bits per heavy atom. The number of hydrogen-bond acceptors (Lipinski definition) is 5. The molecule has 2 aromatic carbocycles. The Morgan fingerprint density at radius 1 is 1.25 bits per heavy atom. The number of anilines is 1. The van der Waals surface area contributed by atoms with Crippen LogP contribution in [0.4, 0.5) is 5.69 Å². The number of aromatic nitrogens is 2. The lowest BCUT2D eigenvalue weighted by atomic mass is 10.0. The lowest BCUT2D eigenvalue weighted by Gasteiger charge is -2.29. The van der Waals surface area contributed by atoms with Crippen LogP contribution in [-0.4, -0.2) is 33.8 Å². The van der Waals surface area contributed by atoms with Crippen LogP contribution >= 0.6 is 23.4 Å². The molecule has 1 aromatic heterocycles. The number of nitrogen functional groups attached to an aromatic ring is 1. The molecule has 170 valence electrons. The third kappa shape index (κ3) is 5.67. The normalized spacial score (nSPS) is 20.7. The molecule has 0 spiro atoms. The van der Waals surface area contributed by atoms with E-state index in [1.807, 2.05) is 36.8 Å². The summed E-state index contributed by atoms with van der Waals surface area (Å²) in [6.45, 7) is 5.44. The summed E-state index contributed by atoms with van der Waals surface area (Å²) in [6, 6.07) is 14.0. The van der Waals surface area contributed by atoms with Gasteiger partial charge in [-0.3, -0.25) is 0 Å². The van der Waals surface area contributed by atoms with E-state index in [9.17, 15) is 0 Å². The third-order valence-electron chi connectivity index (χ3n) is 5.82. The van der Waals surface area contributed by atoms with Gasteiger partial charge >= 0.3 is 0 Å². The van der Waals surface area contributed by atoms with Crippen molar-refractivity contribution in [3.05, 3.63) is 76.8 Å². The van der Waals surface area contributed by atoms with Crippen LogP contribution in [0.25, 0.3) is 0 Å². The van der Waals surface area contributed by atoms with Gasteiger partial charge in [0, 0.05) is 39.7 Å². The molecule has 1 saturated heterocycles. The summed E-state index contributed by atoms with van der Waals surface area (Å²) in [4.78, 5) is 5.56. The number of imidazole rings is 1. The van der Waals surface area contributed by atoms with E-state index in [2.05, 4.69) is 41.6 Å². The number of ether oxygens (including phenoxy) is 2. The summed E-state index contributed by atoms with van der Waals surface area (Å²) < 4.78 is 15.1. The number of hydrogen-bond donors (Lipinski definition) is 1. The third-order valence-corrected chi connectivity index (χ3v) is 7.38. The van der Waals surface area contributed by atoms with Crippen molar-refractivity contribution in [1.82, 2.24) is 9.55 Å². The number of rotatable bonds is 9. The monoisotopic (exact) mass is 471 g/mol. The molecule has 1 fully saturated rings. The highest BCUT2D eigenvalue weighted by atomic mass is 35.5. The molecule has 2 atom stereocenters. The first-order chi connectivity index (χ1) is 15.5. The van der Waals surface area contributed by atoms with Gasteiger partial charge in [-0.1, -0.05) is 30.7 Å². The molecule has 5 nitrogen and oxygen atoms in total. The average Bonchev–Trinajstić information content (AvgIpc) is 3.40. The molecule has 32 heavy (non-hydrogen) atoms. The average molecular weight is 472 g/mol. The molecule has 0 unspecified atom stereocenters. The van der Waals surface area contributed by atoms with Crippen molar-refractivity contribution in [2.45, 2.75) is 56.4 Å². The van der Waals surface area contributed by atoms with Gasteiger partial charge in [0.25, 0.3) is 0 Å². The fourth-order valence-corrected chi connectivity index (χ4v) is 5.15. The molecule has 0 amide bonds. The smallest absolute Gasteiger partial charge is 0.187 e. The van der Waals surface area contributed by atoms with Crippen molar-refractivity contribution in [2.24, 2.45) is 0 Å². The lowest BCUT2D eigenvalue weighted by Crippen LogP contribution is -2.37. The Bertz CT molecular complexity index is 1040. The zero-order valence-corrected chi connectivity index (χ0v) is 20.2. The van der Waals surface area contributed by atoms with Gasteiger partial charge in [-0.05, 0) is 61.2 Å². The minimum atomic E-state index is -0.675. The summed E-state index contributed by atoms with van der Waals surface area (Å²) in [6.07, 6.45) is 6.34. The summed E-state index contributed by atoms with van der Waals surface area (Å²) >= 11 is 7.84. The van der Waals surface area contributed by atoms with Crippen LogP contribution in [0.15, 0.2) is 59.9 Å². The number of halogens is 1. The van der Waals surface area contributed by atoms with E-state index in [0.717, 1.165) is 35.7 Å². The second-order valence-electron chi connectivity index (χ2n) is 8.29. The van der Waals surface area contributed by atoms with Crippen molar-refractivity contribution in [3.8, 4) is 0 Å². The predicted octanol–water partition coefficient (Wildman–Crippen LogP) is 5.53. The van der Waals surface area contributed by atoms with E-state index in [-0.39, 0.29) is 6.10 Å². The van der Waals surface area contributed by atoms with Crippen LogP contribution in [0.2, 0.25) is 5.02 Å². The first kappa shape index (κ1) is 23.2. The molecule has 0 bridgehead atoms. The summed E-state index contributed by atoms with van der Waals surface area (Å²) in [5.74, 6) is 0.156. The summed E-state index contributed by atoms with van der Waals surface area (Å²) in [7, 11) is 0. The highest BCUT2D eigenvalue weighted by Gasteiger charge is 2.42. The van der Waals surface area contributed by atoms with Crippen LogP contribution in [-0.2, 0) is 28.9 Å². The van der Waals surface area contributed by atoms with Crippen molar-refractivity contribution < 1.29 is 9.47 Å². The second-order valence-corrected chi connectivity index (χ2v) is 9.79. The van der Waals surface area contributed by atoms with E-state index in [4.69, 9.17) is 26.8 Å². The van der Waals surface area contributed by atoms with E-state index in [0.29, 0.717) is 13.2 Å². The van der Waals surface area contributed by atoms with E-state index < -0.39 is 5.79 Å². The second kappa shape index (κ2) is 10.3. The van der Waals surface area contributed by atoms with Crippen molar-refractivity contribution in [2.75, 3.05) is 18.1 Å². The largest absolute Gasteiger partial charge is 0.399 e. The van der Waals surface area contributed by atoms with Crippen LogP contribution in [0.5, 0.6) is 0 Å². The molecular formula is C25H30ClN3O2S. The standard InChI is InChI=1S/C25H30ClN3O2S/c1-3-22-13-28-17-29(22)16-25(11-10-19-4-6-20(26)7-5-19)30-14-23(31-25)15-32-24-9-8-21(27)12-18(24)2/h4-9,12-13,17,23H,3,10-11,14-16,27H2,1-2H3/t23-,25+/m1/s1. The molecule has 7 heteroatoms. The fourth-order valence-electron chi connectivity index (χ4n) is 4.04. The highest BCUT2D eigenvalue weighted by molar-refractivity contribution is 7.99. The molecule has 2 heterocycles. The maximum atomic E-state index is 6.61. The van der Waals surface area contributed by atoms with Gasteiger partial charge in [0.15, 0.2) is 5.79 Å². The van der Waals surface area contributed by atoms with Crippen LogP contribution in [0.1, 0.15) is 30.2 Å². The van der Waals surface area contributed by atoms with Crippen LogP contribution < -0.4 is 5.73 Å². The number of benzene rings is 2. The SMILES string of the molecule is CCc1cncn1C[C@@]1(CCc2ccc(Cl)cc2)OC[C@H](CSc2ccc(N)cc2C)O1. The molecule has 4 rings (SSSR count). The maximum Gasteiger partial charge on any atom is 0.187 e. The number of nitrogens with two attached hydrogens (primary N) is 1. The quantitative estimate of drug-likeness (QED) is 0.328. The lowest BCUT2D eigenvalue weighted by molar-refractivity contribution is -0.180. The Kier molecular flexibility index (Phi) is 7.46. The molecule has 3 aromatic rings. The van der Waals surface area contributed by atoms with Gasteiger partial charge in [0.1, 0.15) is 0 Å². The molecule has 1 aliphatic rings. The highest BCUT2D eigenvalue weighted by Crippen LogP contribution is 2.34. The molecule has 0 aliphatic carbocycles. The Balaban J connectivity index is 1.45. The Morgan fingerprint density at radius 3 is 2.81 bits per heavy atom. The summed E-state index contributed by atoms with van der Waals surface area (Å²) in [5, 5.41) is 0.748. The Hall–Kier alpha value is -1.99. The van der Waals surface area contributed by atoms with Gasteiger partial charge < -0.3 is 19.8 Å². The molecule has 1 aliphatic heterocycles. The molecule has 0 radical (unpaired) electrons. The zero-order valence-electron chi connectivity index (χ0n) is 18.6. The van der Waals surface area contributed by atoms with Crippen molar-refractivity contribution in [3.63, 3.8) is 0 Å². The van der Waals surface area contributed by atoms with E-state index in [1.54, 1.807) is 11.8 Å². The number of nitrogens with zero attached hydrogens (tertiary/aromatic N) is 2. The minimum absolute atomic E-state index is 0.0239. The first-order valence-corrected chi connectivity index (χ1v) is 12.4. The summed E-state index contributed by atoms with van der Waals surface area (Å²) in [5.41, 5.74) is 10.3. The van der Waals surface area contributed by atoms with Gasteiger partial charge in [0.2, 0.25) is 0 Å².